The lowest BCUT2D eigenvalue weighted by atomic mass is 10.1. The second-order valence-electron chi connectivity index (χ2n) is 4.74. The number of hydrogen-bond acceptors (Lipinski definition) is 4. The molecular formula is C15H22ClN3OS. The van der Waals surface area contributed by atoms with E-state index in [4.69, 9.17) is 16.3 Å². The Morgan fingerprint density at radius 3 is 2.86 bits per heavy atom. The van der Waals surface area contributed by atoms with Gasteiger partial charge in [-0.25, -0.2) is 0 Å². The van der Waals surface area contributed by atoms with Gasteiger partial charge in [0.25, 0.3) is 0 Å². The summed E-state index contributed by atoms with van der Waals surface area (Å²) in [5.74, 6) is 0. The van der Waals surface area contributed by atoms with Gasteiger partial charge in [0.2, 0.25) is 0 Å². The quantitative estimate of drug-likeness (QED) is 0.806. The third-order valence-corrected chi connectivity index (χ3v) is 4.92. The van der Waals surface area contributed by atoms with E-state index in [2.05, 4.69) is 36.4 Å². The number of methoxy groups -OCH3 is 1. The number of aromatic nitrogens is 2. The van der Waals surface area contributed by atoms with Gasteiger partial charge in [0, 0.05) is 16.9 Å². The Balaban J connectivity index is 2.35. The number of aryl methyl sites for hydroxylation is 1. The standard InChI is InChI=1S/C15H22ClN3OS/c1-4-11-6-7-13(21-11)14(17-5-2)15-12(16)10-18-19(15)8-9-20-3/h6-7,10,14,17H,4-5,8-9H2,1-3H3. The number of nitrogens with zero attached hydrogens (tertiary/aromatic N) is 2. The fourth-order valence-electron chi connectivity index (χ4n) is 2.29. The molecule has 2 heterocycles. The second-order valence-corrected chi connectivity index (χ2v) is 6.35. The van der Waals surface area contributed by atoms with Gasteiger partial charge in [0.15, 0.2) is 0 Å². The van der Waals surface area contributed by atoms with Crippen molar-refractivity contribution in [2.45, 2.75) is 32.9 Å². The summed E-state index contributed by atoms with van der Waals surface area (Å²) in [5.41, 5.74) is 1.01. The highest BCUT2D eigenvalue weighted by molar-refractivity contribution is 7.12. The van der Waals surface area contributed by atoms with E-state index in [1.807, 2.05) is 16.0 Å². The zero-order valence-electron chi connectivity index (χ0n) is 12.7. The average molecular weight is 328 g/mol. The largest absolute Gasteiger partial charge is 0.383 e. The normalized spacial score (nSPS) is 12.8. The molecule has 2 aromatic heterocycles. The Morgan fingerprint density at radius 2 is 2.24 bits per heavy atom. The molecule has 116 valence electrons. The minimum absolute atomic E-state index is 0.0761. The number of rotatable bonds is 8. The SMILES string of the molecule is CCNC(c1ccc(CC)s1)c1c(Cl)cnn1CCOC. The van der Waals surface area contributed by atoms with Crippen LogP contribution in [0.15, 0.2) is 18.3 Å². The van der Waals surface area contributed by atoms with Crippen LogP contribution < -0.4 is 5.32 Å². The smallest absolute Gasteiger partial charge is 0.0857 e. The monoisotopic (exact) mass is 327 g/mol. The van der Waals surface area contributed by atoms with Gasteiger partial charge in [-0.05, 0) is 25.1 Å². The number of ether oxygens (including phenoxy) is 1. The van der Waals surface area contributed by atoms with E-state index < -0.39 is 0 Å². The minimum Gasteiger partial charge on any atom is -0.383 e. The zero-order chi connectivity index (χ0) is 15.2. The van der Waals surface area contributed by atoms with E-state index in [1.54, 1.807) is 13.3 Å². The van der Waals surface area contributed by atoms with Crippen LogP contribution in [0.1, 0.15) is 35.3 Å². The Morgan fingerprint density at radius 1 is 1.43 bits per heavy atom. The van der Waals surface area contributed by atoms with Crippen LogP contribution in [0.25, 0.3) is 0 Å². The summed E-state index contributed by atoms with van der Waals surface area (Å²) in [6.45, 7) is 6.47. The number of hydrogen-bond donors (Lipinski definition) is 1. The summed E-state index contributed by atoms with van der Waals surface area (Å²) in [6, 6.07) is 4.45. The lowest BCUT2D eigenvalue weighted by Gasteiger charge is -2.19. The summed E-state index contributed by atoms with van der Waals surface area (Å²) in [7, 11) is 1.69. The highest BCUT2D eigenvalue weighted by atomic mass is 35.5. The van der Waals surface area contributed by atoms with E-state index in [0.717, 1.165) is 18.7 Å². The molecule has 0 fully saturated rings. The molecule has 4 nitrogen and oxygen atoms in total. The molecule has 0 spiro atoms. The molecule has 0 saturated heterocycles. The Labute approximate surface area is 135 Å². The van der Waals surface area contributed by atoms with Crippen LogP contribution in [0.5, 0.6) is 0 Å². The first-order valence-corrected chi connectivity index (χ1v) is 8.42. The highest BCUT2D eigenvalue weighted by Crippen LogP contribution is 2.32. The van der Waals surface area contributed by atoms with Crippen molar-refractivity contribution in [3.8, 4) is 0 Å². The molecule has 6 heteroatoms. The number of thiophene rings is 1. The predicted octanol–water partition coefficient (Wildman–Crippen LogP) is 3.51. The highest BCUT2D eigenvalue weighted by Gasteiger charge is 2.22. The van der Waals surface area contributed by atoms with Crippen LogP contribution in [0.3, 0.4) is 0 Å². The molecule has 1 unspecified atom stereocenters. The first-order chi connectivity index (χ1) is 10.2. The maximum atomic E-state index is 6.39. The van der Waals surface area contributed by atoms with Gasteiger partial charge < -0.3 is 10.1 Å². The van der Waals surface area contributed by atoms with Crippen molar-refractivity contribution in [3.05, 3.63) is 38.8 Å². The van der Waals surface area contributed by atoms with Gasteiger partial charge >= 0.3 is 0 Å². The lowest BCUT2D eigenvalue weighted by molar-refractivity contribution is 0.182. The molecule has 0 saturated carbocycles. The van der Waals surface area contributed by atoms with E-state index in [9.17, 15) is 0 Å². The first-order valence-electron chi connectivity index (χ1n) is 7.23. The molecule has 21 heavy (non-hydrogen) atoms. The predicted molar refractivity (Wildman–Crippen MR) is 88.3 cm³/mol. The van der Waals surface area contributed by atoms with Crippen LogP contribution in [0.2, 0.25) is 5.02 Å². The molecule has 0 radical (unpaired) electrons. The molecule has 2 rings (SSSR count). The number of nitrogens with one attached hydrogen (secondary N) is 1. The molecule has 2 aromatic rings. The van der Waals surface area contributed by atoms with E-state index in [0.29, 0.717) is 18.2 Å². The van der Waals surface area contributed by atoms with Crippen molar-refractivity contribution in [2.24, 2.45) is 0 Å². The van der Waals surface area contributed by atoms with Gasteiger partial charge in [-0.3, -0.25) is 4.68 Å². The van der Waals surface area contributed by atoms with Gasteiger partial charge in [-0.2, -0.15) is 5.10 Å². The molecule has 0 aromatic carbocycles. The molecule has 0 aliphatic heterocycles. The molecule has 0 amide bonds. The maximum Gasteiger partial charge on any atom is 0.0857 e. The fraction of sp³-hybridized carbons (Fsp3) is 0.533. The third kappa shape index (κ3) is 3.86. The third-order valence-electron chi connectivity index (χ3n) is 3.34. The van der Waals surface area contributed by atoms with Crippen LogP contribution >= 0.6 is 22.9 Å². The van der Waals surface area contributed by atoms with E-state index >= 15 is 0 Å². The van der Waals surface area contributed by atoms with E-state index in [1.165, 1.54) is 9.75 Å². The molecule has 1 N–H and O–H groups in total. The Bertz CT molecular complexity index is 567. The van der Waals surface area contributed by atoms with Crippen molar-refractivity contribution in [1.29, 1.82) is 0 Å². The summed E-state index contributed by atoms with van der Waals surface area (Å²) >= 11 is 8.21. The topological polar surface area (TPSA) is 39.1 Å². The summed E-state index contributed by atoms with van der Waals surface area (Å²) < 4.78 is 7.09. The molecule has 0 aliphatic carbocycles. The van der Waals surface area contributed by atoms with Crippen LogP contribution in [0, 0.1) is 0 Å². The maximum absolute atomic E-state index is 6.39. The van der Waals surface area contributed by atoms with Crippen LogP contribution in [-0.2, 0) is 17.7 Å². The Kier molecular flexibility index (Phi) is 6.23. The van der Waals surface area contributed by atoms with Crippen LogP contribution in [-0.4, -0.2) is 30.0 Å². The van der Waals surface area contributed by atoms with Crippen molar-refractivity contribution in [1.82, 2.24) is 15.1 Å². The van der Waals surface area contributed by atoms with Crippen molar-refractivity contribution < 1.29 is 4.74 Å². The number of halogens is 1. The Hall–Kier alpha value is -0.880. The van der Waals surface area contributed by atoms with Crippen molar-refractivity contribution >= 4 is 22.9 Å². The van der Waals surface area contributed by atoms with Gasteiger partial charge in [0.05, 0.1) is 36.1 Å². The fourth-order valence-corrected chi connectivity index (χ4v) is 3.57. The van der Waals surface area contributed by atoms with Gasteiger partial charge in [0.1, 0.15) is 0 Å². The zero-order valence-corrected chi connectivity index (χ0v) is 14.3. The second kappa shape index (κ2) is 7.94. The summed E-state index contributed by atoms with van der Waals surface area (Å²) in [4.78, 5) is 2.65. The van der Waals surface area contributed by atoms with Gasteiger partial charge in [-0.1, -0.05) is 25.4 Å². The molecule has 1 atom stereocenters. The average Bonchev–Trinajstić information content (AvgIpc) is 3.10. The van der Waals surface area contributed by atoms with Crippen molar-refractivity contribution in [2.75, 3.05) is 20.3 Å². The summed E-state index contributed by atoms with van der Waals surface area (Å²) in [5, 5.41) is 8.60. The first kappa shape index (κ1) is 16.5. The molecule has 0 aliphatic rings. The minimum atomic E-state index is 0.0761. The molecule has 0 bridgehead atoms. The van der Waals surface area contributed by atoms with E-state index in [-0.39, 0.29) is 6.04 Å². The summed E-state index contributed by atoms with van der Waals surface area (Å²) in [6.07, 6.45) is 2.77. The lowest BCUT2D eigenvalue weighted by Crippen LogP contribution is -2.25. The molecular weight excluding hydrogens is 306 g/mol. The van der Waals surface area contributed by atoms with Crippen LogP contribution in [0.4, 0.5) is 0 Å². The van der Waals surface area contributed by atoms with Crippen molar-refractivity contribution in [3.63, 3.8) is 0 Å². The van der Waals surface area contributed by atoms with Gasteiger partial charge in [-0.15, -0.1) is 11.3 Å².